The van der Waals surface area contributed by atoms with Crippen LogP contribution in [0, 0.1) is 5.92 Å². The Kier molecular flexibility index (Phi) is 5.67. The summed E-state index contributed by atoms with van der Waals surface area (Å²) in [5, 5.41) is 3.55. The summed E-state index contributed by atoms with van der Waals surface area (Å²) in [6, 6.07) is 8.34. The standard InChI is InChI=1S/C16H27NO/c1-6-18-15-10-8-7-9-14(15)11-13(2)12-17-16(3,4)5/h7-10,13,17H,6,11-12H2,1-5H3. The molecule has 102 valence electrons. The quantitative estimate of drug-likeness (QED) is 0.831. The third-order valence-electron chi connectivity index (χ3n) is 2.82. The molecule has 1 atom stereocenters. The Morgan fingerprint density at radius 1 is 1.22 bits per heavy atom. The fourth-order valence-corrected chi connectivity index (χ4v) is 1.90. The number of hydrogen-bond donors (Lipinski definition) is 1. The molecule has 1 unspecified atom stereocenters. The molecule has 1 rings (SSSR count). The molecular weight excluding hydrogens is 222 g/mol. The van der Waals surface area contributed by atoms with E-state index in [0.717, 1.165) is 25.3 Å². The molecule has 2 nitrogen and oxygen atoms in total. The lowest BCUT2D eigenvalue weighted by atomic mass is 9.99. The minimum Gasteiger partial charge on any atom is -0.494 e. The third kappa shape index (κ3) is 5.54. The maximum Gasteiger partial charge on any atom is 0.122 e. The Bertz CT molecular complexity index is 354. The van der Waals surface area contributed by atoms with Crippen molar-refractivity contribution < 1.29 is 4.74 Å². The van der Waals surface area contributed by atoms with E-state index >= 15 is 0 Å². The van der Waals surface area contributed by atoms with Gasteiger partial charge < -0.3 is 10.1 Å². The Morgan fingerprint density at radius 2 is 1.89 bits per heavy atom. The molecule has 1 aromatic carbocycles. The molecule has 1 N–H and O–H groups in total. The van der Waals surface area contributed by atoms with Gasteiger partial charge in [0.05, 0.1) is 6.61 Å². The molecule has 0 aromatic heterocycles. The lowest BCUT2D eigenvalue weighted by molar-refractivity contribution is 0.332. The second-order valence-corrected chi connectivity index (χ2v) is 5.98. The zero-order valence-corrected chi connectivity index (χ0v) is 12.4. The first-order chi connectivity index (χ1) is 8.42. The molecule has 0 aliphatic rings. The van der Waals surface area contributed by atoms with Crippen LogP contribution in [-0.2, 0) is 6.42 Å². The Hall–Kier alpha value is -1.02. The molecule has 18 heavy (non-hydrogen) atoms. The average Bonchev–Trinajstić information content (AvgIpc) is 2.29. The molecule has 0 spiro atoms. The first-order valence-electron chi connectivity index (χ1n) is 6.88. The van der Waals surface area contributed by atoms with Crippen molar-refractivity contribution >= 4 is 0 Å². The van der Waals surface area contributed by atoms with Gasteiger partial charge in [0.15, 0.2) is 0 Å². The minimum absolute atomic E-state index is 0.188. The molecule has 0 saturated heterocycles. The Morgan fingerprint density at radius 3 is 2.50 bits per heavy atom. The van der Waals surface area contributed by atoms with Crippen LogP contribution in [0.5, 0.6) is 5.75 Å². The lowest BCUT2D eigenvalue weighted by Crippen LogP contribution is -2.39. The molecule has 0 aliphatic carbocycles. The largest absolute Gasteiger partial charge is 0.494 e. The van der Waals surface area contributed by atoms with Crippen molar-refractivity contribution in [2.45, 2.75) is 46.6 Å². The van der Waals surface area contributed by atoms with E-state index in [1.807, 2.05) is 13.0 Å². The number of benzene rings is 1. The number of nitrogens with one attached hydrogen (secondary N) is 1. The fourth-order valence-electron chi connectivity index (χ4n) is 1.90. The molecule has 0 fully saturated rings. The Labute approximate surface area is 112 Å². The van der Waals surface area contributed by atoms with E-state index in [0.29, 0.717) is 5.92 Å². The number of ether oxygens (including phenoxy) is 1. The van der Waals surface area contributed by atoms with Crippen LogP contribution < -0.4 is 10.1 Å². The number of rotatable bonds is 6. The van der Waals surface area contributed by atoms with Crippen molar-refractivity contribution in [3.63, 3.8) is 0 Å². The Balaban J connectivity index is 2.55. The molecule has 0 radical (unpaired) electrons. The number of hydrogen-bond acceptors (Lipinski definition) is 2. The zero-order chi connectivity index (χ0) is 13.6. The van der Waals surface area contributed by atoms with Gasteiger partial charge in [-0.25, -0.2) is 0 Å². The van der Waals surface area contributed by atoms with Crippen LogP contribution in [0.1, 0.15) is 40.2 Å². The summed E-state index contributed by atoms with van der Waals surface area (Å²) in [5.41, 5.74) is 1.50. The van der Waals surface area contributed by atoms with E-state index in [9.17, 15) is 0 Å². The monoisotopic (exact) mass is 249 g/mol. The van der Waals surface area contributed by atoms with Crippen molar-refractivity contribution in [1.82, 2.24) is 5.32 Å². The second kappa shape index (κ2) is 6.79. The second-order valence-electron chi connectivity index (χ2n) is 5.98. The SMILES string of the molecule is CCOc1ccccc1CC(C)CNC(C)(C)C. The van der Waals surface area contributed by atoms with Gasteiger partial charge in [-0.05, 0) is 58.2 Å². The van der Waals surface area contributed by atoms with E-state index < -0.39 is 0 Å². The van der Waals surface area contributed by atoms with Crippen molar-refractivity contribution in [3.05, 3.63) is 29.8 Å². The molecule has 1 aromatic rings. The van der Waals surface area contributed by atoms with E-state index in [4.69, 9.17) is 4.74 Å². The normalized spacial score (nSPS) is 13.4. The van der Waals surface area contributed by atoms with Crippen molar-refractivity contribution in [3.8, 4) is 5.75 Å². The first kappa shape index (κ1) is 15.0. The van der Waals surface area contributed by atoms with Crippen molar-refractivity contribution in [2.24, 2.45) is 5.92 Å². The van der Waals surface area contributed by atoms with Crippen LogP contribution in [0.15, 0.2) is 24.3 Å². The van der Waals surface area contributed by atoms with Gasteiger partial charge in [-0.1, -0.05) is 25.1 Å². The van der Waals surface area contributed by atoms with Crippen LogP contribution in [0.3, 0.4) is 0 Å². The predicted molar refractivity (Wildman–Crippen MR) is 78.2 cm³/mol. The van der Waals surface area contributed by atoms with E-state index in [-0.39, 0.29) is 5.54 Å². The van der Waals surface area contributed by atoms with Crippen LogP contribution in [0.4, 0.5) is 0 Å². The summed E-state index contributed by atoms with van der Waals surface area (Å²) < 4.78 is 5.66. The van der Waals surface area contributed by atoms with Crippen molar-refractivity contribution in [1.29, 1.82) is 0 Å². The summed E-state index contributed by atoms with van der Waals surface area (Å²) >= 11 is 0. The van der Waals surface area contributed by atoms with Gasteiger partial charge in [0.25, 0.3) is 0 Å². The highest BCUT2D eigenvalue weighted by molar-refractivity contribution is 5.33. The molecule has 0 saturated carbocycles. The topological polar surface area (TPSA) is 21.3 Å². The maximum atomic E-state index is 5.66. The first-order valence-corrected chi connectivity index (χ1v) is 6.88. The molecule has 2 heteroatoms. The zero-order valence-electron chi connectivity index (χ0n) is 12.4. The van der Waals surface area contributed by atoms with Crippen LogP contribution in [0.2, 0.25) is 0 Å². The van der Waals surface area contributed by atoms with Crippen molar-refractivity contribution in [2.75, 3.05) is 13.2 Å². The van der Waals surface area contributed by atoms with E-state index in [1.165, 1.54) is 5.56 Å². The summed E-state index contributed by atoms with van der Waals surface area (Å²) in [6.45, 7) is 12.7. The van der Waals surface area contributed by atoms with E-state index in [2.05, 4.69) is 51.2 Å². The molecule has 0 amide bonds. The lowest BCUT2D eigenvalue weighted by Gasteiger charge is -2.24. The van der Waals surface area contributed by atoms with Gasteiger partial charge in [0.2, 0.25) is 0 Å². The van der Waals surface area contributed by atoms with Crippen LogP contribution >= 0.6 is 0 Å². The summed E-state index contributed by atoms with van der Waals surface area (Å²) in [7, 11) is 0. The summed E-state index contributed by atoms with van der Waals surface area (Å²) in [5.74, 6) is 1.63. The highest BCUT2D eigenvalue weighted by Gasteiger charge is 2.13. The highest BCUT2D eigenvalue weighted by atomic mass is 16.5. The van der Waals surface area contributed by atoms with Crippen LogP contribution in [-0.4, -0.2) is 18.7 Å². The van der Waals surface area contributed by atoms with Crippen LogP contribution in [0.25, 0.3) is 0 Å². The minimum atomic E-state index is 0.188. The smallest absolute Gasteiger partial charge is 0.122 e. The third-order valence-corrected chi connectivity index (χ3v) is 2.82. The van der Waals surface area contributed by atoms with E-state index in [1.54, 1.807) is 0 Å². The highest BCUT2D eigenvalue weighted by Crippen LogP contribution is 2.21. The van der Waals surface area contributed by atoms with Gasteiger partial charge >= 0.3 is 0 Å². The molecular formula is C16H27NO. The molecule has 0 aliphatic heterocycles. The average molecular weight is 249 g/mol. The maximum absolute atomic E-state index is 5.66. The van der Waals surface area contributed by atoms with Gasteiger partial charge in [-0.15, -0.1) is 0 Å². The fraction of sp³-hybridized carbons (Fsp3) is 0.625. The van der Waals surface area contributed by atoms with Gasteiger partial charge in [0, 0.05) is 5.54 Å². The predicted octanol–water partition coefficient (Wildman–Crippen LogP) is 3.65. The summed E-state index contributed by atoms with van der Waals surface area (Å²) in [4.78, 5) is 0. The van der Waals surface area contributed by atoms with Gasteiger partial charge in [-0.3, -0.25) is 0 Å². The molecule has 0 bridgehead atoms. The molecule has 0 heterocycles. The van der Waals surface area contributed by atoms with Gasteiger partial charge in [-0.2, -0.15) is 0 Å². The summed E-state index contributed by atoms with van der Waals surface area (Å²) in [6.07, 6.45) is 1.05. The number of para-hydroxylation sites is 1. The van der Waals surface area contributed by atoms with Gasteiger partial charge in [0.1, 0.15) is 5.75 Å².